The highest BCUT2D eigenvalue weighted by Gasteiger charge is 2.15. The maximum absolute atomic E-state index is 13.4. The fourth-order valence-corrected chi connectivity index (χ4v) is 3.53. The van der Waals surface area contributed by atoms with Gasteiger partial charge in [-0.25, -0.2) is 4.98 Å². The van der Waals surface area contributed by atoms with Crippen LogP contribution in [-0.2, 0) is 12.8 Å². The summed E-state index contributed by atoms with van der Waals surface area (Å²) in [5, 5.41) is 12.1. The fraction of sp³-hybridized carbons (Fsp3) is 0.174. The van der Waals surface area contributed by atoms with Crippen molar-refractivity contribution in [2.45, 2.75) is 26.2 Å². The molecular formula is C23H20N4O3. The van der Waals surface area contributed by atoms with Crippen molar-refractivity contribution in [3.8, 4) is 5.69 Å². The second-order valence-electron chi connectivity index (χ2n) is 7.16. The third-order valence-corrected chi connectivity index (χ3v) is 5.02. The maximum Gasteiger partial charge on any atom is 0.271 e. The molecule has 1 aromatic carbocycles. The molecular weight excluding hydrogens is 380 g/mol. The van der Waals surface area contributed by atoms with E-state index < -0.39 is 4.92 Å². The molecule has 0 saturated heterocycles. The van der Waals surface area contributed by atoms with Crippen LogP contribution in [0.2, 0.25) is 0 Å². The van der Waals surface area contributed by atoms with Gasteiger partial charge < -0.3 is 0 Å². The number of hydrogen-bond acceptors (Lipinski definition) is 5. The van der Waals surface area contributed by atoms with Crippen LogP contribution in [0.25, 0.3) is 16.7 Å². The SMILES string of the molecule is Cc1ccc2cc(CCCc3ccncc3)c(=O)n(-c3cccc([N+](=O)[O-])c3)c2n1. The van der Waals surface area contributed by atoms with Gasteiger partial charge in [-0.3, -0.25) is 24.5 Å². The number of aryl methyl sites for hydroxylation is 3. The van der Waals surface area contributed by atoms with Gasteiger partial charge in [0.2, 0.25) is 0 Å². The minimum absolute atomic E-state index is 0.0664. The number of nitro benzene ring substituents is 1. The summed E-state index contributed by atoms with van der Waals surface area (Å²) in [6.45, 7) is 1.85. The molecule has 4 aromatic rings. The lowest BCUT2D eigenvalue weighted by Gasteiger charge is -2.13. The zero-order valence-electron chi connectivity index (χ0n) is 16.5. The molecule has 0 unspecified atom stereocenters. The van der Waals surface area contributed by atoms with E-state index in [-0.39, 0.29) is 11.2 Å². The van der Waals surface area contributed by atoms with E-state index in [1.807, 2.05) is 37.3 Å². The molecule has 0 N–H and O–H groups in total. The first kappa shape index (κ1) is 19.4. The summed E-state index contributed by atoms with van der Waals surface area (Å²) >= 11 is 0. The van der Waals surface area contributed by atoms with Gasteiger partial charge in [-0.1, -0.05) is 6.07 Å². The number of pyridine rings is 3. The Balaban J connectivity index is 1.78. The Morgan fingerprint density at radius 1 is 1.03 bits per heavy atom. The largest absolute Gasteiger partial charge is 0.271 e. The lowest BCUT2D eigenvalue weighted by Crippen LogP contribution is -2.23. The van der Waals surface area contributed by atoms with E-state index >= 15 is 0 Å². The maximum atomic E-state index is 13.4. The van der Waals surface area contributed by atoms with Crippen LogP contribution in [0.1, 0.15) is 23.2 Å². The number of nitrogens with zero attached hydrogens (tertiary/aromatic N) is 4. The average molecular weight is 400 g/mol. The van der Waals surface area contributed by atoms with E-state index in [0.717, 1.165) is 23.9 Å². The van der Waals surface area contributed by atoms with Crippen molar-refractivity contribution in [2.24, 2.45) is 0 Å². The first-order valence-corrected chi connectivity index (χ1v) is 9.69. The Morgan fingerprint density at radius 2 is 1.83 bits per heavy atom. The zero-order valence-corrected chi connectivity index (χ0v) is 16.5. The number of hydrogen-bond donors (Lipinski definition) is 0. The third kappa shape index (κ3) is 3.96. The van der Waals surface area contributed by atoms with Crippen molar-refractivity contribution in [1.82, 2.24) is 14.5 Å². The van der Waals surface area contributed by atoms with Gasteiger partial charge in [0.05, 0.1) is 10.6 Å². The molecule has 30 heavy (non-hydrogen) atoms. The van der Waals surface area contributed by atoms with Crippen LogP contribution in [0.4, 0.5) is 5.69 Å². The van der Waals surface area contributed by atoms with Gasteiger partial charge in [0.25, 0.3) is 11.2 Å². The first-order valence-electron chi connectivity index (χ1n) is 9.69. The summed E-state index contributed by atoms with van der Waals surface area (Å²) in [7, 11) is 0. The van der Waals surface area contributed by atoms with Crippen LogP contribution in [0.5, 0.6) is 0 Å². The van der Waals surface area contributed by atoms with Crippen LogP contribution in [0, 0.1) is 17.0 Å². The van der Waals surface area contributed by atoms with Crippen molar-refractivity contribution >= 4 is 16.7 Å². The van der Waals surface area contributed by atoms with Crippen molar-refractivity contribution < 1.29 is 4.92 Å². The highest BCUT2D eigenvalue weighted by atomic mass is 16.6. The number of non-ortho nitro benzene ring substituents is 1. The first-order chi connectivity index (χ1) is 14.5. The van der Waals surface area contributed by atoms with Crippen LogP contribution >= 0.6 is 0 Å². The second-order valence-corrected chi connectivity index (χ2v) is 7.16. The predicted molar refractivity (Wildman–Crippen MR) is 115 cm³/mol. The smallest absolute Gasteiger partial charge is 0.269 e. The summed E-state index contributed by atoms with van der Waals surface area (Å²) in [6, 6.07) is 15.7. The minimum atomic E-state index is -0.464. The van der Waals surface area contributed by atoms with Crippen molar-refractivity contribution in [3.05, 3.63) is 104 Å². The Hall–Kier alpha value is -3.87. The third-order valence-electron chi connectivity index (χ3n) is 5.02. The van der Waals surface area contributed by atoms with E-state index in [2.05, 4.69) is 9.97 Å². The van der Waals surface area contributed by atoms with Gasteiger partial charge >= 0.3 is 0 Å². The molecule has 7 nitrogen and oxygen atoms in total. The van der Waals surface area contributed by atoms with E-state index in [4.69, 9.17) is 0 Å². The molecule has 0 atom stereocenters. The number of nitro groups is 1. The fourth-order valence-electron chi connectivity index (χ4n) is 3.53. The lowest BCUT2D eigenvalue weighted by atomic mass is 10.0. The van der Waals surface area contributed by atoms with Crippen molar-refractivity contribution in [1.29, 1.82) is 0 Å². The van der Waals surface area contributed by atoms with Crippen LogP contribution in [0.15, 0.2) is 71.8 Å². The quantitative estimate of drug-likeness (QED) is 0.358. The summed E-state index contributed by atoms with van der Waals surface area (Å²) in [5.74, 6) is 0. The summed E-state index contributed by atoms with van der Waals surface area (Å²) in [4.78, 5) is 32.7. The molecule has 0 aliphatic carbocycles. The molecule has 0 fully saturated rings. The Bertz CT molecular complexity index is 1280. The topological polar surface area (TPSA) is 90.9 Å². The Kier molecular flexibility index (Phi) is 5.34. The van der Waals surface area contributed by atoms with Gasteiger partial charge in [0.1, 0.15) is 5.65 Å². The van der Waals surface area contributed by atoms with Gasteiger partial charge in [-0.15, -0.1) is 0 Å². The van der Waals surface area contributed by atoms with E-state index in [0.29, 0.717) is 23.3 Å². The highest BCUT2D eigenvalue weighted by Crippen LogP contribution is 2.21. The number of rotatable bonds is 6. The molecule has 3 aromatic heterocycles. The molecule has 150 valence electrons. The van der Waals surface area contributed by atoms with Crippen LogP contribution < -0.4 is 5.56 Å². The standard InChI is InChI=1S/C23H20N4O3/c1-16-8-9-18-14-19(5-2-4-17-10-12-24-13-11-17)23(28)26(22(18)25-16)20-6-3-7-21(15-20)27(29)30/h3,6-15H,2,4-5H2,1H3. The molecule has 0 spiro atoms. The van der Waals surface area contributed by atoms with Gasteiger partial charge in [-0.2, -0.15) is 0 Å². The second kappa shape index (κ2) is 8.24. The molecule has 3 heterocycles. The molecule has 0 radical (unpaired) electrons. The van der Waals surface area contributed by atoms with E-state index in [9.17, 15) is 14.9 Å². The highest BCUT2D eigenvalue weighted by molar-refractivity contribution is 5.78. The molecule has 0 saturated carbocycles. The molecule has 0 aliphatic heterocycles. The van der Waals surface area contributed by atoms with Gasteiger partial charge in [0.15, 0.2) is 0 Å². The van der Waals surface area contributed by atoms with E-state index in [1.165, 1.54) is 22.3 Å². The van der Waals surface area contributed by atoms with Gasteiger partial charge in [-0.05, 0) is 68.1 Å². The molecule has 0 aliphatic rings. The Morgan fingerprint density at radius 3 is 2.60 bits per heavy atom. The van der Waals surface area contributed by atoms with Crippen LogP contribution in [0.3, 0.4) is 0 Å². The summed E-state index contributed by atoms with van der Waals surface area (Å²) in [5.41, 5.74) is 3.27. The average Bonchev–Trinajstić information content (AvgIpc) is 2.75. The van der Waals surface area contributed by atoms with Crippen molar-refractivity contribution in [2.75, 3.05) is 0 Å². The monoisotopic (exact) mass is 400 g/mol. The van der Waals surface area contributed by atoms with Crippen LogP contribution in [-0.4, -0.2) is 19.5 Å². The molecule has 7 heteroatoms. The summed E-state index contributed by atoms with van der Waals surface area (Å²) in [6.07, 6.45) is 5.76. The van der Waals surface area contributed by atoms with Gasteiger partial charge in [0, 0.05) is 41.2 Å². The predicted octanol–water partition coefficient (Wildman–Crippen LogP) is 4.17. The Labute approximate surface area is 172 Å². The zero-order chi connectivity index (χ0) is 21.1. The number of fused-ring (bicyclic) bond motifs is 1. The normalized spacial score (nSPS) is 11.0. The molecule has 4 rings (SSSR count). The number of benzene rings is 1. The van der Waals surface area contributed by atoms with Crippen molar-refractivity contribution in [3.63, 3.8) is 0 Å². The molecule has 0 bridgehead atoms. The lowest BCUT2D eigenvalue weighted by molar-refractivity contribution is -0.384. The minimum Gasteiger partial charge on any atom is -0.269 e. The number of aromatic nitrogens is 3. The molecule has 0 amide bonds. The summed E-state index contributed by atoms with van der Waals surface area (Å²) < 4.78 is 1.48. The van der Waals surface area contributed by atoms with E-state index in [1.54, 1.807) is 24.5 Å².